The number of nitrogens with zero attached hydrogens (tertiary/aromatic N) is 4. The van der Waals surface area contributed by atoms with Crippen LogP contribution in [-0.2, 0) is 6.61 Å². The zero-order valence-corrected chi connectivity index (χ0v) is 21.7. The van der Waals surface area contributed by atoms with E-state index in [0.717, 1.165) is 67.5 Å². The number of ether oxygens (including phenoxy) is 1. The number of H-pyrrole nitrogens is 2. The van der Waals surface area contributed by atoms with Crippen molar-refractivity contribution in [3.8, 4) is 28.4 Å². The highest BCUT2D eigenvalue weighted by Crippen LogP contribution is 2.37. The summed E-state index contributed by atoms with van der Waals surface area (Å²) < 4.78 is 6.00. The number of aromatic amines is 2. The molecule has 1 aliphatic rings. The average Bonchev–Trinajstić information content (AvgIpc) is 3.57. The van der Waals surface area contributed by atoms with Gasteiger partial charge in [-0.15, -0.1) is 0 Å². The van der Waals surface area contributed by atoms with Gasteiger partial charge in [0.25, 0.3) is 0 Å². The molecule has 40 heavy (non-hydrogen) atoms. The van der Waals surface area contributed by atoms with Crippen LogP contribution in [0.4, 0.5) is 5.82 Å². The van der Waals surface area contributed by atoms with Crippen LogP contribution >= 0.6 is 0 Å². The quantitative estimate of drug-likeness (QED) is 0.223. The maximum atomic E-state index is 6.00. The van der Waals surface area contributed by atoms with Crippen molar-refractivity contribution in [2.75, 3.05) is 5.32 Å². The predicted molar refractivity (Wildman–Crippen MR) is 156 cm³/mol. The van der Waals surface area contributed by atoms with Crippen LogP contribution in [0.15, 0.2) is 109 Å². The zero-order valence-electron chi connectivity index (χ0n) is 21.7. The minimum atomic E-state index is 0.473. The summed E-state index contributed by atoms with van der Waals surface area (Å²) in [5.74, 6) is 1.60. The summed E-state index contributed by atoms with van der Waals surface area (Å²) in [5.41, 5.74) is 10.2. The largest absolute Gasteiger partial charge is 0.487 e. The van der Waals surface area contributed by atoms with E-state index in [1.54, 1.807) is 12.4 Å². The standard InChI is InChI=1S/C32H25N7O/c1-20-7-8-25(22-11-13-33-14-12-22)26-16-29(37-32(26)35-20)31-30-28(38-39-31)10-9-27(36-30)23-15-24(18-34-17-23)40-19-21-5-3-2-4-6-21/h2-18,35,37H,19H2,1H3,(H,38,39). The van der Waals surface area contributed by atoms with E-state index in [9.17, 15) is 0 Å². The Morgan fingerprint density at radius 2 is 1.73 bits per heavy atom. The highest BCUT2D eigenvalue weighted by molar-refractivity contribution is 5.94. The van der Waals surface area contributed by atoms with E-state index in [-0.39, 0.29) is 0 Å². The molecular weight excluding hydrogens is 498 g/mol. The second-order valence-corrected chi connectivity index (χ2v) is 9.61. The van der Waals surface area contributed by atoms with Crippen LogP contribution < -0.4 is 10.1 Å². The molecule has 0 bridgehead atoms. The predicted octanol–water partition coefficient (Wildman–Crippen LogP) is 6.75. The van der Waals surface area contributed by atoms with E-state index >= 15 is 0 Å². The maximum Gasteiger partial charge on any atom is 0.138 e. The number of fused-ring (bicyclic) bond motifs is 2. The summed E-state index contributed by atoms with van der Waals surface area (Å²) >= 11 is 0. The molecule has 1 aromatic carbocycles. The van der Waals surface area contributed by atoms with Crippen LogP contribution in [0.25, 0.3) is 39.3 Å². The molecule has 0 aliphatic carbocycles. The number of benzene rings is 1. The fourth-order valence-corrected chi connectivity index (χ4v) is 4.84. The molecule has 1 aliphatic heterocycles. The second-order valence-electron chi connectivity index (χ2n) is 9.61. The molecule has 194 valence electrons. The lowest BCUT2D eigenvalue weighted by atomic mass is 10.00. The first-order valence-corrected chi connectivity index (χ1v) is 13.0. The number of hydrogen-bond acceptors (Lipinski definition) is 6. The number of rotatable bonds is 6. The SMILES string of the molecule is CC1=CC=C(c2ccncc2)c2cc(-c3n[nH]c4ccc(-c5cncc(OCc6ccccc6)c5)nc34)[nH]c2N1. The summed E-state index contributed by atoms with van der Waals surface area (Å²) in [6.07, 6.45) is 11.3. The van der Waals surface area contributed by atoms with Gasteiger partial charge in [-0.3, -0.25) is 15.1 Å². The Hall–Kier alpha value is -5.50. The first-order valence-electron chi connectivity index (χ1n) is 13.0. The number of aromatic nitrogens is 6. The monoisotopic (exact) mass is 523 g/mol. The third-order valence-electron chi connectivity index (χ3n) is 6.84. The summed E-state index contributed by atoms with van der Waals surface area (Å²) in [6.45, 7) is 2.51. The number of hydrogen-bond donors (Lipinski definition) is 3. The first kappa shape index (κ1) is 23.6. The molecule has 0 saturated heterocycles. The minimum Gasteiger partial charge on any atom is -0.487 e. The highest BCUT2D eigenvalue weighted by Gasteiger charge is 2.20. The molecule has 8 nitrogen and oxygen atoms in total. The molecule has 5 aromatic heterocycles. The molecule has 7 rings (SSSR count). The average molecular weight is 524 g/mol. The number of nitrogens with one attached hydrogen (secondary N) is 3. The Balaban J connectivity index is 1.23. The van der Waals surface area contributed by atoms with Crippen LogP contribution in [0.3, 0.4) is 0 Å². The lowest BCUT2D eigenvalue weighted by molar-refractivity contribution is 0.305. The molecule has 8 heteroatoms. The maximum absolute atomic E-state index is 6.00. The second kappa shape index (κ2) is 9.99. The Labute approximate surface area is 230 Å². The van der Waals surface area contributed by atoms with E-state index in [0.29, 0.717) is 12.4 Å². The molecule has 6 heterocycles. The molecule has 0 radical (unpaired) electrons. The highest BCUT2D eigenvalue weighted by atomic mass is 16.5. The molecule has 0 unspecified atom stereocenters. The summed E-state index contributed by atoms with van der Waals surface area (Å²) in [4.78, 5) is 17.1. The zero-order chi connectivity index (χ0) is 26.9. The third kappa shape index (κ3) is 4.52. The van der Waals surface area contributed by atoms with Crippen LogP contribution in [0.2, 0.25) is 0 Å². The van der Waals surface area contributed by atoms with Crippen molar-refractivity contribution in [2.45, 2.75) is 13.5 Å². The summed E-state index contributed by atoms with van der Waals surface area (Å²) in [5, 5.41) is 11.2. The van der Waals surface area contributed by atoms with E-state index in [2.05, 4.69) is 48.7 Å². The van der Waals surface area contributed by atoms with Crippen molar-refractivity contribution in [1.29, 1.82) is 0 Å². The van der Waals surface area contributed by atoms with Gasteiger partial charge in [-0.05, 0) is 66.1 Å². The van der Waals surface area contributed by atoms with Crippen molar-refractivity contribution in [3.05, 3.63) is 126 Å². The molecule has 0 amide bonds. The third-order valence-corrected chi connectivity index (χ3v) is 6.84. The van der Waals surface area contributed by atoms with Crippen molar-refractivity contribution >= 4 is 22.4 Å². The molecule has 0 fully saturated rings. The van der Waals surface area contributed by atoms with Gasteiger partial charge in [-0.1, -0.05) is 36.4 Å². The van der Waals surface area contributed by atoms with Gasteiger partial charge in [0, 0.05) is 35.4 Å². The van der Waals surface area contributed by atoms with Gasteiger partial charge in [-0.25, -0.2) is 4.98 Å². The Bertz CT molecular complexity index is 1890. The smallest absolute Gasteiger partial charge is 0.138 e. The van der Waals surface area contributed by atoms with Crippen LogP contribution in [0.5, 0.6) is 5.75 Å². The summed E-state index contributed by atoms with van der Waals surface area (Å²) in [6, 6.07) is 22.1. The Morgan fingerprint density at radius 1 is 0.850 bits per heavy atom. The van der Waals surface area contributed by atoms with E-state index < -0.39 is 0 Å². The molecule has 0 spiro atoms. The van der Waals surface area contributed by atoms with Crippen molar-refractivity contribution in [1.82, 2.24) is 30.1 Å². The van der Waals surface area contributed by atoms with Gasteiger partial charge in [0.05, 0.1) is 23.1 Å². The lowest BCUT2D eigenvalue weighted by Crippen LogP contribution is -1.96. The topological polar surface area (TPSA) is 104 Å². The van der Waals surface area contributed by atoms with Crippen molar-refractivity contribution in [3.63, 3.8) is 0 Å². The van der Waals surface area contributed by atoms with Crippen molar-refractivity contribution in [2.24, 2.45) is 0 Å². The number of pyridine rings is 3. The lowest BCUT2D eigenvalue weighted by Gasteiger charge is -2.08. The van der Waals surface area contributed by atoms with Gasteiger partial charge >= 0.3 is 0 Å². The van der Waals surface area contributed by atoms with Gasteiger partial charge in [0.1, 0.15) is 29.4 Å². The van der Waals surface area contributed by atoms with E-state index in [4.69, 9.17) is 9.72 Å². The molecule has 3 N–H and O–H groups in total. The Morgan fingerprint density at radius 3 is 2.60 bits per heavy atom. The van der Waals surface area contributed by atoms with Gasteiger partial charge in [0.15, 0.2) is 0 Å². The van der Waals surface area contributed by atoms with Crippen molar-refractivity contribution < 1.29 is 4.74 Å². The normalized spacial score (nSPS) is 12.7. The minimum absolute atomic E-state index is 0.473. The van der Waals surface area contributed by atoms with E-state index in [1.165, 1.54) is 0 Å². The Kier molecular flexibility index (Phi) is 5.90. The fourth-order valence-electron chi connectivity index (χ4n) is 4.84. The van der Waals surface area contributed by atoms with Gasteiger partial charge in [-0.2, -0.15) is 5.10 Å². The van der Waals surface area contributed by atoms with Crippen LogP contribution in [-0.4, -0.2) is 30.1 Å². The van der Waals surface area contributed by atoms with Crippen LogP contribution in [0, 0.1) is 0 Å². The molecule has 0 saturated carbocycles. The molecule has 6 aromatic rings. The number of anilines is 1. The van der Waals surface area contributed by atoms with E-state index in [1.807, 2.05) is 80.0 Å². The van der Waals surface area contributed by atoms with Gasteiger partial charge < -0.3 is 15.0 Å². The molecule has 0 atom stereocenters. The van der Waals surface area contributed by atoms with Crippen LogP contribution in [0.1, 0.15) is 23.6 Å². The first-order chi connectivity index (χ1) is 19.7. The summed E-state index contributed by atoms with van der Waals surface area (Å²) in [7, 11) is 0. The fraction of sp³-hybridized carbons (Fsp3) is 0.0625. The van der Waals surface area contributed by atoms with Gasteiger partial charge in [0.2, 0.25) is 0 Å². The number of allylic oxidation sites excluding steroid dienone is 3. The molecular formula is C32H25N7O.